The summed E-state index contributed by atoms with van der Waals surface area (Å²) < 4.78 is 5.10. The third-order valence-corrected chi connectivity index (χ3v) is 2.16. The molecule has 0 spiro atoms. The van der Waals surface area contributed by atoms with Crippen LogP contribution in [0.2, 0.25) is 0 Å². The van der Waals surface area contributed by atoms with Gasteiger partial charge in [-0.1, -0.05) is 20.8 Å². The minimum Gasteiger partial charge on any atom is -0.481 e. The molecule has 2 N–H and O–H groups in total. The first-order chi connectivity index (χ1) is 7.33. The molecule has 1 aromatic rings. The van der Waals surface area contributed by atoms with Gasteiger partial charge in [-0.25, -0.2) is 0 Å². The van der Waals surface area contributed by atoms with Crippen LogP contribution < -0.4 is 15.4 Å². The second-order valence-corrected chi connectivity index (χ2v) is 5.18. The lowest BCUT2D eigenvalue weighted by Gasteiger charge is -2.28. The van der Waals surface area contributed by atoms with Crippen molar-refractivity contribution in [2.24, 2.45) is 5.41 Å². The lowest BCUT2D eigenvalue weighted by Crippen LogP contribution is -2.30. The summed E-state index contributed by atoms with van der Waals surface area (Å²) in [6.07, 6.45) is 0. The molecule has 0 saturated carbocycles. The van der Waals surface area contributed by atoms with Gasteiger partial charge in [-0.3, -0.25) is 0 Å². The Bertz CT molecular complexity index is 358. The zero-order valence-electron chi connectivity index (χ0n) is 10.7. The number of methoxy groups -OCH3 is 1. The van der Waals surface area contributed by atoms with Crippen molar-refractivity contribution in [2.75, 3.05) is 31.3 Å². The zero-order valence-corrected chi connectivity index (χ0v) is 10.7. The molecule has 1 aromatic heterocycles. The van der Waals surface area contributed by atoms with Crippen LogP contribution in [0.4, 0.5) is 11.5 Å². The molecule has 0 aliphatic heterocycles. The van der Waals surface area contributed by atoms with Crippen LogP contribution in [0.1, 0.15) is 20.8 Å². The van der Waals surface area contributed by atoms with E-state index < -0.39 is 0 Å². The quantitative estimate of drug-likeness (QED) is 0.853. The van der Waals surface area contributed by atoms with Gasteiger partial charge in [0.1, 0.15) is 0 Å². The summed E-state index contributed by atoms with van der Waals surface area (Å²) >= 11 is 0. The maximum absolute atomic E-state index is 5.90. The lowest BCUT2D eigenvalue weighted by atomic mass is 9.96. The van der Waals surface area contributed by atoms with Gasteiger partial charge in [-0.2, -0.15) is 4.98 Å². The van der Waals surface area contributed by atoms with Crippen molar-refractivity contribution in [1.29, 1.82) is 0 Å². The highest BCUT2D eigenvalue weighted by Crippen LogP contribution is 2.25. The van der Waals surface area contributed by atoms with E-state index in [1.165, 1.54) is 0 Å². The molecule has 1 rings (SSSR count). The Morgan fingerprint density at radius 1 is 1.38 bits per heavy atom. The van der Waals surface area contributed by atoms with E-state index in [1.54, 1.807) is 13.2 Å². The van der Waals surface area contributed by atoms with E-state index in [2.05, 4.69) is 30.7 Å². The van der Waals surface area contributed by atoms with E-state index >= 15 is 0 Å². The summed E-state index contributed by atoms with van der Waals surface area (Å²) in [7, 11) is 3.59. The number of anilines is 2. The molecule has 1 heterocycles. The van der Waals surface area contributed by atoms with Gasteiger partial charge in [0.25, 0.3) is 0 Å². The average Bonchev–Trinajstić information content (AvgIpc) is 2.15. The number of ether oxygens (including phenoxy) is 1. The van der Waals surface area contributed by atoms with Crippen LogP contribution in [0.25, 0.3) is 0 Å². The van der Waals surface area contributed by atoms with Crippen LogP contribution in [0.3, 0.4) is 0 Å². The third kappa shape index (κ3) is 3.29. The van der Waals surface area contributed by atoms with Crippen LogP contribution in [-0.4, -0.2) is 25.7 Å². The third-order valence-electron chi connectivity index (χ3n) is 2.16. The summed E-state index contributed by atoms with van der Waals surface area (Å²) in [6.45, 7) is 7.43. The smallest absolute Gasteiger partial charge is 0.215 e. The van der Waals surface area contributed by atoms with Crippen LogP contribution in [0, 0.1) is 5.41 Å². The molecule has 90 valence electrons. The van der Waals surface area contributed by atoms with Crippen LogP contribution in [0.5, 0.6) is 5.88 Å². The zero-order chi connectivity index (χ0) is 12.3. The Kier molecular flexibility index (Phi) is 3.62. The van der Waals surface area contributed by atoms with Crippen LogP contribution >= 0.6 is 0 Å². The fourth-order valence-electron chi connectivity index (χ4n) is 1.65. The summed E-state index contributed by atoms with van der Waals surface area (Å²) in [6, 6.07) is 3.59. The first-order valence-corrected chi connectivity index (χ1v) is 5.35. The van der Waals surface area contributed by atoms with Crippen molar-refractivity contribution in [3.63, 3.8) is 0 Å². The fraction of sp³-hybridized carbons (Fsp3) is 0.583. The molecule has 0 unspecified atom stereocenters. The number of nitrogens with zero attached hydrogens (tertiary/aromatic N) is 2. The Morgan fingerprint density at radius 2 is 2.00 bits per heavy atom. The molecule has 0 amide bonds. The molecule has 0 aliphatic rings. The normalized spacial score (nSPS) is 11.3. The molecular weight excluding hydrogens is 202 g/mol. The summed E-state index contributed by atoms with van der Waals surface area (Å²) in [5.74, 6) is 1.36. The Balaban J connectivity index is 2.93. The van der Waals surface area contributed by atoms with Gasteiger partial charge in [0.05, 0.1) is 12.8 Å². The standard InChI is InChI=1S/C12H21N3O/c1-12(2,3)8-15(4)11-9(13)6-7-10(14-11)16-5/h6-7H,8,13H2,1-5H3. The van der Waals surface area contributed by atoms with Gasteiger partial charge >= 0.3 is 0 Å². The Hall–Kier alpha value is -1.45. The molecule has 0 radical (unpaired) electrons. The van der Waals surface area contributed by atoms with Gasteiger partial charge in [0, 0.05) is 19.7 Å². The second kappa shape index (κ2) is 4.60. The van der Waals surface area contributed by atoms with Crippen molar-refractivity contribution in [1.82, 2.24) is 4.98 Å². The highest BCUT2D eigenvalue weighted by molar-refractivity contribution is 5.63. The van der Waals surface area contributed by atoms with Crippen LogP contribution in [-0.2, 0) is 0 Å². The maximum atomic E-state index is 5.90. The molecule has 0 aromatic carbocycles. The van der Waals surface area contributed by atoms with Crippen molar-refractivity contribution in [2.45, 2.75) is 20.8 Å². The van der Waals surface area contributed by atoms with E-state index in [0.29, 0.717) is 11.6 Å². The number of nitrogens with two attached hydrogens (primary N) is 1. The molecule has 4 nitrogen and oxygen atoms in total. The maximum Gasteiger partial charge on any atom is 0.215 e. The van der Waals surface area contributed by atoms with Gasteiger partial charge in [-0.15, -0.1) is 0 Å². The molecule has 0 atom stereocenters. The molecule has 0 bridgehead atoms. The Morgan fingerprint density at radius 3 is 2.50 bits per heavy atom. The molecule has 4 heteroatoms. The SMILES string of the molecule is COc1ccc(N)c(N(C)CC(C)(C)C)n1. The second-order valence-electron chi connectivity index (χ2n) is 5.18. The van der Waals surface area contributed by atoms with Gasteiger partial charge in [0.15, 0.2) is 5.82 Å². The van der Waals surface area contributed by atoms with Gasteiger partial charge in [-0.05, 0) is 11.5 Å². The van der Waals surface area contributed by atoms with E-state index in [0.717, 1.165) is 12.4 Å². The minimum absolute atomic E-state index is 0.200. The number of rotatable bonds is 3. The van der Waals surface area contributed by atoms with Gasteiger partial charge < -0.3 is 15.4 Å². The molecular formula is C12H21N3O. The number of aromatic nitrogens is 1. The predicted octanol–water partition coefficient (Wildman–Crippen LogP) is 2.15. The van der Waals surface area contributed by atoms with Gasteiger partial charge in [0.2, 0.25) is 5.88 Å². The largest absolute Gasteiger partial charge is 0.481 e. The fourth-order valence-corrected chi connectivity index (χ4v) is 1.65. The number of nitrogen functional groups attached to an aromatic ring is 1. The topological polar surface area (TPSA) is 51.4 Å². The van der Waals surface area contributed by atoms with Crippen molar-refractivity contribution in [3.05, 3.63) is 12.1 Å². The summed E-state index contributed by atoms with van der Waals surface area (Å²) in [5.41, 5.74) is 6.78. The molecule has 0 saturated heterocycles. The molecule has 0 aliphatic carbocycles. The van der Waals surface area contributed by atoms with E-state index in [1.807, 2.05) is 13.1 Å². The lowest BCUT2D eigenvalue weighted by molar-refractivity contribution is 0.395. The first-order valence-electron chi connectivity index (χ1n) is 5.35. The predicted molar refractivity (Wildman–Crippen MR) is 67.9 cm³/mol. The highest BCUT2D eigenvalue weighted by atomic mass is 16.5. The summed E-state index contributed by atoms with van der Waals surface area (Å²) in [5, 5.41) is 0. The highest BCUT2D eigenvalue weighted by Gasteiger charge is 2.16. The molecule has 16 heavy (non-hydrogen) atoms. The van der Waals surface area contributed by atoms with Crippen LogP contribution in [0.15, 0.2) is 12.1 Å². The van der Waals surface area contributed by atoms with E-state index in [-0.39, 0.29) is 5.41 Å². The first kappa shape index (κ1) is 12.6. The van der Waals surface area contributed by atoms with Crippen molar-refractivity contribution >= 4 is 11.5 Å². The van der Waals surface area contributed by atoms with E-state index in [9.17, 15) is 0 Å². The number of pyridine rings is 1. The summed E-state index contributed by atoms with van der Waals surface area (Å²) in [4.78, 5) is 6.41. The Labute approximate surface area is 97.4 Å². The number of hydrogen-bond acceptors (Lipinski definition) is 4. The number of hydrogen-bond donors (Lipinski definition) is 1. The van der Waals surface area contributed by atoms with Crippen molar-refractivity contribution in [3.8, 4) is 5.88 Å². The minimum atomic E-state index is 0.200. The van der Waals surface area contributed by atoms with Crippen molar-refractivity contribution < 1.29 is 4.74 Å². The average molecular weight is 223 g/mol. The monoisotopic (exact) mass is 223 g/mol. The van der Waals surface area contributed by atoms with E-state index in [4.69, 9.17) is 10.5 Å². The molecule has 0 fully saturated rings.